The summed E-state index contributed by atoms with van der Waals surface area (Å²) in [4.78, 5) is 23.3. The Bertz CT molecular complexity index is 633. The SMILES string of the molecule is COC(=O)c1ccc(NC(=O)c2ccc(CSC)o2)cc1. The molecule has 0 saturated heterocycles. The lowest BCUT2D eigenvalue weighted by atomic mass is 10.2. The lowest BCUT2D eigenvalue weighted by molar-refractivity contribution is 0.0600. The molecule has 1 aromatic heterocycles. The Hall–Kier alpha value is -2.21. The van der Waals surface area contributed by atoms with Crippen molar-refractivity contribution in [2.75, 3.05) is 18.7 Å². The first-order valence-corrected chi connectivity index (χ1v) is 7.61. The smallest absolute Gasteiger partial charge is 0.337 e. The number of amides is 1. The van der Waals surface area contributed by atoms with Crippen LogP contribution in [-0.4, -0.2) is 25.2 Å². The first kappa shape index (κ1) is 15.2. The fraction of sp³-hybridized carbons (Fsp3) is 0.200. The molecule has 1 heterocycles. The Balaban J connectivity index is 2.03. The second kappa shape index (κ2) is 6.99. The van der Waals surface area contributed by atoms with Crippen LogP contribution in [0.2, 0.25) is 0 Å². The summed E-state index contributed by atoms with van der Waals surface area (Å²) in [5.74, 6) is 1.000. The second-order valence-corrected chi connectivity index (χ2v) is 5.09. The summed E-state index contributed by atoms with van der Waals surface area (Å²) in [5, 5.41) is 2.71. The van der Waals surface area contributed by atoms with E-state index in [1.165, 1.54) is 7.11 Å². The summed E-state index contributed by atoms with van der Waals surface area (Å²) in [6, 6.07) is 9.87. The number of hydrogen-bond donors (Lipinski definition) is 1. The number of thioether (sulfide) groups is 1. The molecule has 0 aliphatic rings. The Labute approximate surface area is 126 Å². The number of benzene rings is 1. The van der Waals surface area contributed by atoms with Gasteiger partial charge in [-0.05, 0) is 42.7 Å². The van der Waals surface area contributed by atoms with Gasteiger partial charge in [-0.25, -0.2) is 4.79 Å². The van der Waals surface area contributed by atoms with Crippen molar-refractivity contribution in [3.05, 3.63) is 53.5 Å². The normalized spacial score (nSPS) is 10.2. The van der Waals surface area contributed by atoms with Crippen LogP contribution in [0.25, 0.3) is 0 Å². The number of esters is 1. The molecule has 0 atom stereocenters. The Morgan fingerprint density at radius 2 is 1.90 bits per heavy atom. The maximum absolute atomic E-state index is 12.0. The van der Waals surface area contributed by atoms with E-state index < -0.39 is 5.97 Å². The number of rotatable bonds is 5. The number of carbonyl (C=O) groups excluding carboxylic acids is 2. The van der Waals surface area contributed by atoms with Crippen molar-refractivity contribution >= 4 is 29.3 Å². The molecule has 1 amide bonds. The zero-order valence-corrected chi connectivity index (χ0v) is 12.5. The van der Waals surface area contributed by atoms with Gasteiger partial charge >= 0.3 is 5.97 Å². The summed E-state index contributed by atoms with van der Waals surface area (Å²) in [6.45, 7) is 0. The van der Waals surface area contributed by atoms with Gasteiger partial charge in [0.2, 0.25) is 0 Å². The first-order valence-electron chi connectivity index (χ1n) is 6.21. The quantitative estimate of drug-likeness (QED) is 0.859. The molecule has 0 unspecified atom stereocenters. The van der Waals surface area contributed by atoms with Crippen LogP contribution < -0.4 is 5.32 Å². The number of carbonyl (C=O) groups is 2. The third-order valence-corrected chi connectivity index (χ3v) is 3.31. The zero-order valence-electron chi connectivity index (χ0n) is 11.7. The number of anilines is 1. The van der Waals surface area contributed by atoms with Gasteiger partial charge < -0.3 is 14.5 Å². The van der Waals surface area contributed by atoms with Gasteiger partial charge in [0.05, 0.1) is 18.4 Å². The average Bonchev–Trinajstić information content (AvgIpc) is 2.96. The standard InChI is InChI=1S/C15H15NO4S/c1-19-15(18)10-3-5-11(6-4-10)16-14(17)13-8-7-12(20-13)9-21-2/h3-8H,9H2,1-2H3,(H,16,17). The van der Waals surface area contributed by atoms with Crippen LogP contribution in [0, 0.1) is 0 Å². The van der Waals surface area contributed by atoms with Gasteiger partial charge in [0, 0.05) is 5.69 Å². The van der Waals surface area contributed by atoms with Gasteiger partial charge in [-0.3, -0.25) is 4.79 Å². The molecule has 0 saturated carbocycles. The van der Waals surface area contributed by atoms with E-state index in [4.69, 9.17) is 4.42 Å². The maximum Gasteiger partial charge on any atom is 0.337 e. The van der Waals surface area contributed by atoms with Crippen LogP contribution in [0.1, 0.15) is 26.7 Å². The minimum Gasteiger partial charge on any atom is -0.465 e. The van der Waals surface area contributed by atoms with E-state index in [0.29, 0.717) is 11.3 Å². The fourth-order valence-electron chi connectivity index (χ4n) is 1.72. The van der Waals surface area contributed by atoms with Crippen molar-refractivity contribution in [3.8, 4) is 0 Å². The predicted molar refractivity (Wildman–Crippen MR) is 81.7 cm³/mol. The highest BCUT2D eigenvalue weighted by atomic mass is 32.2. The molecule has 1 N–H and O–H groups in total. The van der Waals surface area contributed by atoms with Crippen LogP contribution in [-0.2, 0) is 10.5 Å². The molecule has 1 aromatic carbocycles. The van der Waals surface area contributed by atoms with Crippen LogP contribution in [0.4, 0.5) is 5.69 Å². The van der Waals surface area contributed by atoms with Crippen molar-refractivity contribution in [1.82, 2.24) is 0 Å². The number of nitrogens with one attached hydrogen (secondary N) is 1. The van der Waals surface area contributed by atoms with E-state index in [2.05, 4.69) is 10.1 Å². The number of furan rings is 1. The predicted octanol–water partition coefficient (Wildman–Crippen LogP) is 3.18. The van der Waals surface area contributed by atoms with E-state index in [0.717, 1.165) is 11.5 Å². The maximum atomic E-state index is 12.0. The molecule has 0 aliphatic carbocycles. The molecular formula is C15H15NO4S. The molecular weight excluding hydrogens is 290 g/mol. The molecule has 0 radical (unpaired) electrons. The summed E-state index contributed by atoms with van der Waals surface area (Å²) in [6.07, 6.45) is 1.96. The Kier molecular flexibility index (Phi) is 5.05. The van der Waals surface area contributed by atoms with Crippen LogP contribution >= 0.6 is 11.8 Å². The van der Waals surface area contributed by atoms with Gasteiger partial charge in [0.25, 0.3) is 5.91 Å². The van der Waals surface area contributed by atoms with Crippen LogP contribution in [0.15, 0.2) is 40.8 Å². The second-order valence-electron chi connectivity index (χ2n) is 4.22. The van der Waals surface area contributed by atoms with Crippen LogP contribution in [0.5, 0.6) is 0 Å². The minimum atomic E-state index is -0.416. The molecule has 0 aliphatic heterocycles. The van der Waals surface area contributed by atoms with Crippen molar-refractivity contribution in [3.63, 3.8) is 0 Å². The Morgan fingerprint density at radius 3 is 2.52 bits per heavy atom. The minimum absolute atomic E-state index is 0.260. The van der Waals surface area contributed by atoms with Crippen molar-refractivity contribution < 1.29 is 18.7 Å². The molecule has 0 fully saturated rings. The Morgan fingerprint density at radius 1 is 1.19 bits per heavy atom. The van der Waals surface area contributed by atoms with E-state index in [1.54, 1.807) is 48.2 Å². The van der Waals surface area contributed by atoms with Crippen molar-refractivity contribution in [1.29, 1.82) is 0 Å². The lowest BCUT2D eigenvalue weighted by Crippen LogP contribution is -2.11. The largest absolute Gasteiger partial charge is 0.465 e. The number of ether oxygens (including phenoxy) is 1. The molecule has 110 valence electrons. The van der Waals surface area contributed by atoms with Gasteiger partial charge in [-0.2, -0.15) is 11.8 Å². The summed E-state index contributed by atoms with van der Waals surface area (Å²) < 4.78 is 10.0. The highest BCUT2D eigenvalue weighted by molar-refractivity contribution is 7.97. The fourth-order valence-corrected chi connectivity index (χ4v) is 2.16. The third kappa shape index (κ3) is 3.88. The van der Waals surface area contributed by atoms with E-state index in [1.807, 2.05) is 6.26 Å². The van der Waals surface area contributed by atoms with Gasteiger partial charge in [0.15, 0.2) is 5.76 Å². The van der Waals surface area contributed by atoms with Crippen molar-refractivity contribution in [2.24, 2.45) is 0 Å². The van der Waals surface area contributed by atoms with Crippen LogP contribution in [0.3, 0.4) is 0 Å². The third-order valence-electron chi connectivity index (χ3n) is 2.74. The highest BCUT2D eigenvalue weighted by Crippen LogP contribution is 2.16. The van der Waals surface area contributed by atoms with E-state index in [-0.39, 0.29) is 11.7 Å². The molecule has 0 bridgehead atoms. The first-order chi connectivity index (χ1) is 10.1. The molecule has 0 spiro atoms. The lowest BCUT2D eigenvalue weighted by Gasteiger charge is -2.04. The number of hydrogen-bond acceptors (Lipinski definition) is 5. The van der Waals surface area contributed by atoms with Gasteiger partial charge in [-0.15, -0.1) is 0 Å². The summed E-state index contributed by atoms with van der Waals surface area (Å²) in [7, 11) is 1.32. The number of methoxy groups -OCH3 is 1. The zero-order chi connectivity index (χ0) is 15.2. The molecule has 2 rings (SSSR count). The molecule has 21 heavy (non-hydrogen) atoms. The molecule has 2 aromatic rings. The van der Waals surface area contributed by atoms with E-state index >= 15 is 0 Å². The average molecular weight is 305 g/mol. The highest BCUT2D eigenvalue weighted by Gasteiger charge is 2.12. The molecule has 5 nitrogen and oxygen atoms in total. The monoisotopic (exact) mass is 305 g/mol. The van der Waals surface area contributed by atoms with Crippen molar-refractivity contribution in [2.45, 2.75) is 5.75 Å². The van der Waals surface area contributed by atoms with Gasteiger partial charge in [-0.1, -0.05) is 0 Å². The van der Waals surface area contributed by atoms with Gasteiger partial charge in [0.1, 0.15) is 5.76 Å². The summed E-state index contributed by atoms with van der Waals surface area (Å²) >= 11 is 1.62. The molecule has 6 heteroatoms. The summed E-state index contributed by atoms with van der Waals surface area (Å²) in [5.41, 5.74) is 1.01. The topological polar surface area (TPSA) is 68.5 Å². The van der Waals surface area contributed by atoms with E-state index in [9.17, 15) is 9.59 Å².